The quantitative estimate of drug-likeness (QED) is 0.499. The van der Waals surface area contributed by atoms with Crippen molar-refractivity contribution in [3.63, 3.8) is 0 Å². The third-order valence-electron chi connectivity index (χ3n) is 5.28. The van der Waals surface area contributed by atoms with Crippen LogP contribution in [-0.4, -0.2) is 48.8 Å². The Morgan fingerprint density at radius 3 is 2.84 bits per heavy atom. The van der Waals surface area contributed by atoms with Gasteiger partial charge in [-0.15, -0.1) is 0 Å². The number of likely N-dealkylation sites (tertiary alicyclic amines) is 1. The predicted molar refractivity (Wildman–Crippen MR) is 117 cm³/mol. The van der Waals surface area contributed by atoms with Crippen molar-refractivity contribution in [2.45, 2.75) is 23.7 Å². The van der Waals surface area contributed by atoms with Gasteiger partial charge in [0, 0.05) is 23.7 Å². The zero-order chi connectivity index (χ0) is 22.0. The van der Waals surface area contributed by atoms with Gasteiger partial charge in [0.15, 0.2) is 9.84 Å². The summed E-state index contributed by atoms with van der Waals surface area (Å²) in [5, 5.41) is 4.47. The van der Waals surface area contributed by atoms with Gasteiger partial charge in [-0.05, 0) is 49.7 Å². The highest BCUT2D eigenvalue weighted by Gasteiger charge is 2.28. The van der Waals surface area contributed by atoms with Crippen molar-refractivity contribution in [1.29, 1.82) is 0 Å². The van der Waals surface area contributed by atoms with Crippen LogP contribution in [0.4, 0.5) is 4.39 Å². The fourth-order valence-corrected chi connectivity index (χ4v) is 5.78. The Morgan fingerprint density at radius 2 is 2.03 bits per heavy atom. The molecular weight excluding hydrogens is 464 g/mol. The molecule has 0 saturated carbocycles. The molecule has 1 aromatic heterocycles. The van der Waals surface area contributed by atoms with Crippen molar-refractivity contribution in [2.24, 2.45) is 0 Å². The first-order chi connectivity index (χ1) is 14.8. The molecule has 1 fully saturated rings. The smallest absolute Gasteiger partial charge is 0.231 e. The molecule has 0 aliphatic carbocycles. The molecule has 0 N–H and O–H groups in total. The van der Waals surface area contributed by atoms with Gasteiger partial charge in [-0.25, -0.2) is 12.8 Å². The summed E-state index contributed by atoms with van der Waals surface area (Å²) in [5.41, 5.74) is 0.548. The Hall–Kier alpha value is -2.00. The molecule has 0 bridgehead atoms. The minimum Gasteiger partial charge on any atom is -0.339 e. The third-order valence-corrected chi connectivity index (χ3v) is 7.69. The molecule has 2 aromatic carbocycles. The summed E-state index contributed by atoms with van der Waals surface area (Å²) in [6.45, 7) is 1.73. The number of hydrogen-bond acceptors (Lipinski definition) is 6. The molecule has 10 heteroatoms. The van der Waals surface area contributed by atoms with Crippen molar-refractivity contribution >= 4 is 33.0 Å². The number of nitrogens with zero attached hydrogens (tertiary/aromatic N) is 3. The number of hydrogen-bond donors (Lipinski definition) is 0. The Balaban J connectivity index is 1.42. The fraction of sp³-hybridized carbons (Fsp3) is 0.333. The zero-order valence-corrected chi connectivity index (χ0v) is 18.8. The predicted octanol–water partition coefficient (Wildman–Crippen LogP) is 4.84. The van der Waals surface area contributed by atoms with Crippen LogP contribution in [0.15, 0.2) is 51.9 Å². The first kappa shape index (κ1) is 22.2. The van der Waals surface area contributed by atoms with E-state index < -0.39 is 9.84 Å². The minimum atomic E-state index is -3.58. The molecule has 1 saturated heterocycles. The molecular formula is C21H20Cl2FN3O3S. The van der Waals surface area contributed by atoms with Gasteiger partial charge in [0.05, 0.1) is 21.6 Å². The second kappa shape index (κ2) is 9.24. The molecule has 1 aliphatic rings. The van der Waals surface area contributed by atoms with Gasteiger partial charge >= 0.3 is 0 Å². The minimum absolute atomic E-state index is 0.0129. The van der Waals surface area contributed by atoms with Crippen LogP contribution in [0.2, 0.25) is 10.0 Å². The van der Waals surface area contributed by atoms with Gasteiger partial charge in [-0.3, -0.25) is 0 Å². The Kier molecular flexibility index (Phi) is 6.62. The maximum absolute atomic E-state index is 13.5. The van der Waals surface area contributed by atoms with Gasteiger partial charge in [-0.2, -0.15) is 4.98 Å². The van der Waals surface area contributed by atoms with Crippen LogP contribution in [0.1, 0.15) is 24.7 Å². The van der Waals surface area contributed by atoms with Gasteiger partial charge < -0.3 is 9.42 Å². The van der Waals surface area contributed by atoms with Crippen LogP contribution in [0, 0.1) is 5.82 Å². The Morgan fingerprint density at radius 1 is 1.19 bits per heavy atom. The molecule has 31 heavy (non-hydrogen) atoms. The van der Waals surface area contributed by atoms with Crippen LogP contribution in [0.5, 0.6) is 0 Å². The summed E-state index contributed by atoms with van der Waals surface area (Å²) < 4.78 is 44.4. The summed E-state index contributed by atoms with van der Waals surface area (Å²) in [5.74, 6) is 0.363. The number of piperidine rings is 1. The highest BCUT2D eigenvalue weighted by atomic mass is 35.5. The van der Waals surface area contributed by atoms with Crippen molar-refractivity contribution in [3.8, 4) is 11.4 Å². The van der Waals surface area contributed by atoms with E-state index in [4.69, 9.17) is 27.7 Å². The van der Waals surface area contributed by atoms with Crippen LogP contribution in [0.25, 0.3) is 11.4 Å². The summed E-state index contributed by atoms with van der Waals surface area (Å²) in [4.78, 5) is 6.55. The van der Waals surface area contributed by atoms with Gasteiger partial charge in [0.1, 0.15) is 5.82 Å². The van der Waals surface area contributed by atoms with E-state index in [0.29, 0.717) is 35.4 Å². The summed E-state index contributed by atoms with van der Waals surface area (Å²) in [7, 11) is -3.58. The summed E-state index contributed by atoms with van der Waals surface area (Å²) in [6.07, 6.45) is 1.73. The molecule has 6 nitrogen and oxygen atoms in total. The van der Waals surface area contributed by atoms with E-state index >= 15 is 0 Å². The molecule has 4 rings (SSSR count). The monoisotopic (exact) mass is 483 g/mol. The van der Waals surface area contributed by atoms with E-state index in [1.807, 2.05) is 0 Å². The van der Waals surface area contributed by atoms with E-state index in [1.165, 1.54) is 24.3 Å². The molecule has 1 aliphatic heterocycles. The number of sulfone groups is 1. The van der Waals surface area contributed by atoms with Gasteiger partial charge in [-0.1, -0.05) is 40.5 Å². The zero-order valence-electron chi connectivity index (χ0n) is 16.5. The standard InChI is InChI=1S/C21H20Cl2FN3O3S/c22-16-6-7-18(23)19(12-16)31(28,29)10-9-27-8-2-4-15(13-27)21-25-20(26-30-21)14-3-1-5-17(24)11-14/h1,3,5-7,11-12,15H,2,4,8-10,13H2. The molecule has 3 aromatic rings. The topological polar surface area (TPSA) is 76.3 Å². The lowest BCUT2D eigenvalue weighted by molar-refractivity contribution is 0.195. The first-order valence-corrected chi connectivity index (χ1v) is 12.2. The van der Waals surface area contributed by atoms with E-state index in [1.54, 1.807) is 18.2 Å². The molecule has 2 heterocycles. The second-order valence-electron chi connectivity index (χ2n) is 7.50. The van der Waals surface area contributed by atoms with Crippen molar-refractivity contribution in [2.75, 3.05) is 25.4 Å². The largest absolute Gasteiger partial charge is 0.339 e. The van der Waals surface area contributed by atoms with Crippen molar-refractivity contribution < 1.29 is 17.3 Å². The van der Waals surface area contributed by atoms with Gasteiger partial charge in [0.2, 0.25) is 11.7 Å². The van der Waals surface area contributed by atoms with Crippen LogP contribution in [0.3, 0.4) is 0 Å². The van der Waals surface area contributed by atoms with E-state index in [-0.39, 0.29) is 27.4 Å². The molecule has 0 amide bonds. The lowest BCUT2D eigenvalue weighted by Crippen LogP contribution is -2.37. The van der Waals surface area contributed by atoms with Crippen molar-refractivity contribution in [3.05, 3.63) is 64.2 Å². The Labute approximate surface area is 189 Å². The maximum atomic E-state index is 13.5. The fourth-order valence-electron chi connectivity index (χ4n) is 3.68. The molecule has 164 valence electrons. The average Bonchev–Trinajstić information content (AvgIpc) is 3.25. The van der Waals surface area contributed by atoms with Crippen molar-refractivity contribution in [1.82, 2.24) is 15.0 Å². The van der Waals surface area contributed by atoms with E-state index in [0.717, 1.165) is 19.4 Å². The molecule has 1 unspecified atom stereocenters. The normalized spacial score (nSPS) is 17.7. The van der Waals surface area contributed by atoms with Gasteiger partial charge in [0.25, 0.3) is 0 Å². The number of aromatic nitrogens is 2. The molecule has 1 atom stereocenters. The highest BCUT2D eigenvalue weighted by molar-refractivity contribution is 7.91. The van der Waals surface area contributed by atoms with E-state index in [9.17, 15) is 12.8 Å². The molecule has 0 radical (unpaired) electrons. The van der Waals surface area contributed by atoms with E-state index in [2.05, 4.69) is 15.0 Å². The SMILES string of the molecule is O=S(=O)(CCN1CCCC(c2nc(-c3cccc(F)c3)no2)C1)c1cc(Cl)ccc1Cl. The maximum Gasteiger partial charge on any atom is 0.231 e. The summed E-state index contributed by atoms with van der Waals surface area (Å²) >= 11 is 12.0. The van der Waals surface area contributed by atoms with Crippen LogP contribution >= 0.6 is 23.2 Å². The highest BCUT2D eigenvalue weighted by Crippen LogP contribution is 2.29. The van der Waals surface area contributed by atoms with Crippen LogP contribution in [-0.2, 0) is 9.84 Å². The lowest BCUT2D eigenvalue weighted by atomic mass is 9.98. The summed E-state index contributed by atoms with van der Waals surface area (Å²) in [6, 6.07) is 10.4. The Bertz CT molecular complexity index is 1190. The number of benzene rings is 2. The number of halogens is 3. The third kappa shape index (κ3) is 5.26. The van der Waals surface area contributed by atoms with Crippen LogP contribution < -0.4 is 0 Å². The molecule has 0 spiro atoms. The number of rotatable bonds is 6. The second-order valence-corrected chi connectivity index (χ2v) is 10.4. The average molecular weight is 484 g/mol. The first-order valence-electron chi connectivity index (χ1n) is 9.81. The lowest BCUT2D eigenvalue weighted by Gasteiger charge is -2.30.